The Kier molecular flexibility index (Phi) is 4.03. The molecule has 0 aliphatic heterocycles. The molecule has 0 saturated heterocycles. The summed E-state index contributed by atoms with van der Waals surface area (Å²) in [5, 5.41) is 9.45. The van der Waals surface area contributed by atoms with Crippen molar-refractivity contribution in [3.8, 4) is 11.5 Å². The van der Waals surface area contributed by atoms with E-state index >= 15 is 0 Å². The Bertz CT molecular complexity index is 457. The predicted octanol–water partition coefficient (Wildman–Crippen LogP) is 2.39. The average molecular weight is 241 g/mol. The molecule has 1 aromatic rings. The quantitative estimate of drug-likeness (QED) is 0.823. The fraction of sp³-hybridized carbons (Fsp3) is 0.0667. The Balaban J connectivity index is 2.06. The molecule has 0 amide bonds. The highest BCUT2D eigenvalue weighted by atomic mass is 16.5. The lowest BCUT2D eigenvalue weighted by molar-refractivity contribution is -0.112. The fourth-order valence-electron chi connectivity index (χ4n) is 1.60. The summed E-state index contributed by atoms with van der Waals surface area (Å²) >= 11 is 0. The summed E-state index contributed by atoms with van der Waals surface area (Å²) in [6.45, 7) is 0. The molecule has 0 aromatic heterocycles. The third-order valence-corrected chi connectivity index (χ3v) is 2.58. The molecule has 1 aliphatic carbocycles. The van der Waals surface area contributed by atoms with Crippen LogP contribution >= 0.6 is 0 Å². The molecular weight excluding hydrogens is 228 g/mol. The van der Waals surface area contributed by atoms with E-state index in [0.29, 0.717) is 11.7 Å². The minimum Gasteiger partial charge on any atom is -0.504 e. The van der Waals surface area contributed by atoms with E-state index in [1.165, 1.54) is 19.3 Å². The smallest absolute Gasteiger partial charge is 0.163 e. The molecule has 1 aromatic carbocycles. The van der Waals surface area contributed by atoms with Gasteiger partial charge in [-0.15, -0.1) is 0 Å². The van der Waals surface area contributed by atoms with Crippen molar-refractivity contribution in [2.24, 2.45) is 0 Å². The lowest BCUT2D eigenvalue weighted by atomic mass is 10.0. The number of ether oxygens (including phenoxy) is 1. The van der Waals surface area contributed by atoms with Crippen LogP contribution in [0.4, 0.5) is 0 Å². The number of carbonyl (C=O) groups is 1. The van der Waals surface area contributed by atoms with Crippen molar-refractivity contribution in [3.05, 3.63) is 61.4 Å². The van der Waals surface area contributed by atoms with Crippen LogP contribution in [-0.4, -0.2) is 18.0 Å². The summed E-state index contributed by atoms with van der Waals surface area (Å²) in [6, 6.07) is 4.92. The number of allylic oxidation sites excluding steroid dienone is 1. The second-order valence-corrected chi connectivity index (χ2v) is 3.80. The Labute approximate surface area is 107 Å². The van der Waals surface area contributed by atoms with Crippen molar-refractivity contribution in [1.82, 2.24) is 0 Å². The monoisotopic (exact) mass is 241 g/mol. The number of rotatable bonds is 4. The predicted molar refractivity (Wildman–Crippen MR) is 69.1 cm³/mol. The molecule has 0 bridgehead atoms. The summed E-state index contributed by atoms with van der Waals surface area (Å²) in [5.74, 6) is 1.08. The van der Waals surface area contributed by atoms with Crippen molar-refractivity contribution in [1.29, 1.82) is 0 Å². The number of benzene rings is 1. The maximum Gasteiger partial charge on any atom is 0.163 e. The lowest BCUT2D eigenvalue weighted by Crippen LogP contribution is -2.05. The van der Waals surface area contributed by atoms with Gasteiger partial charge in [-0.05, 0) is 49.5 Å². The van der Waals surface area contributed by atoms with Crippen molar-refractivity contribution in [2.75, 3.05) is 7.11 Å². The SMILES string of the molecule is COc1cc(/C=C/C(=O)[C]2[CH][CH][CH][CH]2)ccc1O. The Morgan fingerprint density at radius 3 is 2.67 bits per heavy atom. The number of phenolic OH excluding ortho intramolecular Hbond substituents is 1. The van der Waals surface area contributed by atoms with Crippen LogP contribution < -0.4 is 4.74 Å². The Hall–Kier alpha value is -1.77. The minimum absolute atomic E-state index is 0.0490. The number of hydrogen-bond acceptors (Lipinski definition) is 3. The average Bonchev–Trinajstić information content (AvgIpc) is 2.91. The first kappa shape index (κ1) is 12.7. The molecule has 0 spiro atoms. The molecule has 0 unspecified atom stereocenters. The van der Waals surface area contributed by atoms with E-state index in [-0.39, 0.29) is 11.5 Å². The zero-order chi connectivity index (χ0) is 13.0. The summed E-state index contributed by atoms with van der Waals surface area (Å²) in [4.78, 5) is 11.7. The van der Waals surface area contributed by atoms with Gasteiger partial charge in [-0.2, -0.15) is 0 Å². The molecule has 1 fully saturated rings. The van der Waals surface area contributed by atoms with Crippen molar-refractivity contribution in [2.45, 2.75) is 0 Å². The molecule has 1 saturated carbocycles. The first-order valence-electron chi connectivity index (χ1n) is 5.52. The van der Waals surface area contributed by atoms with Gasteiger partial charge < -0.3 is 9.84 Å². The van der Waals surface area contributed by atoms with Crippen LogP contribution in [0.3, 0.4) is 0 Å². The van der Waals surface area contributed by atoms with Gasteiger partial charge in [-0.1, -0.05) is 12.1 Å². The molecule has 1 aliphatic rings. The van der Waals surface area contributed by atoms with Gasteiger partial charge in [0.2, 0.25) is 0 Å². The third-order valence-electron chi connectivity index (χ3n) is 2.58. The third kappa shape index (κ3) is 2.92. The largest absolute Gasteiger partial charge is 0.504 e. The van der Waals surface area contributed by atoms with Gasteiger partial charge in [-0.3, -0.25) is 4.79 Å². The molecular formula is C15H13O3. The number of hydrogen-bond donors (Lipinski definition) is 1. The van der Waals surface area contributed by atoms with Crippen LogP contribution in [-0.2, 0) is 4.79 Å². The zero-order valence-corrected chi connectivity index (χ0v) is 9.96. The number of carbonyl (C=O) groups excluding carboxylic acids is 1. The van der Waals surface area contributed by atoms with Crippen molar-refractivity contribution in [3.63, 3.8) is 0 Å². The van der Waals surface area contributed by atoms with Crippen LogP contribution in [0.2, 0.25) is 0 Å². The van der Waals surface area contributed by atoms with Crippen LogP contribution in [0, 0.1) is 31.6 Å². The van der Waals surface area contributed by atoms with Gasteiger partial charge in [0.25, 0.3) is 0 Å². The molecule has 0 heterocycles. The van der Waals surface area contributed by atoms with E-state index < -0.39 is 0 Å². The number of methoxy groups -OCH3 is 1. The zero-order valence-electron chi connectivity index (χ0n) is 9.96. The standard InChI is InChI=1S/C15H13O3/c1-18-15-10-11(7-9-14(15)17)6-8-13(16)12-4-2-3-5-12/h2-10,17H,1H3/b8-6+. The summed E-state index contributed by atoms with van der Waals surface area (Å²) in [7, 11) is 1.48. The molecule has 1 N–H and O–H groups in total. The van der Waals surface area contributed by atoms with Crippen LogP contribution in [0.25, 0.3) is 6.08 Å². The van der Waals surface area contributed by atoms with Gasteiger partial charge in [-0.25, -0.2) is 0 Å². The minimum atomic E-state index is -0.0490. The summed E-state index contributed by atoms with van der Waals surface area (Å²) < 4.78 is 5.00. The number of ketones is 1. The van der Waals surface area contributed by atoms with Gasteiger partial charge in [0.1, 0.15) is 0 Å². The number of aromatic hydroxyl groups is 1. The van der Waals surface area contributed by atoms with E-state index in [0.717, 1.165) is 5.56 Å². The van der Waals surface area contributed by atoms with Gasteiger partial charge in [0, 0.05) is 0 Å². The van der Waals surface area contributed by atoms with Gasteiger partial charge >= 0.3 is 0 Å². The van der Waals surface area contributed by atoms with Crippen molar-refractivity contribution >= 4 is 11.9 Å². The van der Waals surface area contributed by atoms with Crippen molar-refractivity contribution < 1.29 is 14.6 Å². The van der Waals surface area contributed by atoms with Gasteiger partial charge in [0.05, 0.1) is 13.0 Å². The molecule has 0 atom stereocenters. The van der Waals surface area contributed by atoms with Gasteiger partial charge in [0.15, 0.2) is 17.3 Å². The Morgan fingerprint density at radius 1 is 1.28 bits per heavy atom. The van der Waals surface area contributed by atoms with Crippen LogP contribution in [0.1, 0.15) is 5.56 Å². The second-order valence-electron chi connectivity index (χ2n) is 3.80. The lowest BCUT2D eigenvalue weighted by Gasteiger charge is -2.04. The van der Waals surface area contributed by atoms with E-state index in [9.17, 15) is 9.90 Å². The highest BCUT2D eigenvalue weighted by molar-refractivity contribution is 6.07. The molecule has 2 rings (SSSR count). The highest BCUT2D eigenvalue weighted by Gasteiger charge is 2.22. The number of phenols is 1. The summed E-state index contributed by atoms with van der Waals surface area (Å²) in [6.07, 6.45) is 10.4. The van der Waals surface area contributed by atoms with E-state index in [1.807, 2.05) is 12.8 Å². The maximum atomic E-state index is 11.7. The van der Waals surface area contributed by atoms with E-state index in [1.54, 1.807) is 31.1 Å². The molecule has 18 heavy (non-hydrogen) atoms. The first-order chi connectivity index (χ1) is 8.70. The topological polar surface area (TPSA) is 46.5 Å². The Morgan fingerprint density at radius 2 is 2.00 bits per heavy atom. The fourth-order valence-corrected chi connectivity index (χ4v) is 1.60. The maximum absolute atomic E-state index is 11.7. The molecule has 3 heteroatoms. The second kappa shape index (κ2) is 5.71. The van der Waals surface area contributed by atoms with E-state index in [2.05, 4.69) is 0 Å². The first-order valence-corrected chi connectivity index (χ1v) is 5.52. The molecule has 5 radical (unpaired) electrons. The summed E-state index contributed by atoms with van der Waals surface area (Å²) in [5.41, 5.74) is 0.796. The van der Waals surface area contributed by atoms with E-state index in [4.69, 9.17) is 4.74 Å². The molecule has 3 nitrogen and oxygen atoms in total. The van der Waals surface area contributed by atoms with Crippen LogP contribution in [0.15, 0.2) is 24.3 Å². The molecule has 91 valence electrons. The highest BCUT2D eigenvalue weighted by Crippen LogP contribution is 2.27. The van der Waals surface area contributed by atoms with Crippen LogP contribution in [0.5, 0.6) is 11.5 Å². The normalized spacial score (nSPS) is 16.3.